The summed E-state index contributed by atoms with van der Waals surface area (Å²) in [5.41, 5.74) is 2.61. The van der Waals surface area contributed by atoms with E-state index in [9.17, 15) is 0 Å². The van der Waals surface area contributed by atoms with Crippen LogP contribution in [0.2, 0.25) is 0 Å². The van der Waals surface area contributed by atoms with E-state index in [1.165, 1.54) is 29.2 Å². The van der Waals surface area contributed by atoms with Gasteiger partial charge in [0.15, 0.2) is 5.96 Å². The molecule has 1 aliphatic heterocycles. The van der Waals surface area contributed by atoms with Crippen molar-refractivity contribution in [3.05, 3.63) is 29.8 Å². The van der Waals surface area contributed by atoms with Crippen molar-refractivity contribution in [3.63, 3.8) is 0 Å². The molecule has 0 amide bonds. The molecule has 0 bridgehead atoms. The van der Waals surface area contributed by atoms with E-state index in [1.54, 1.807) is 0 Å². The highest BCUT2D eigenvalue weighted by atomic mass is 32.2. The lowest BCUT2D eigenvalue weighted by molar-refractivity contribution is 0.766. The fraction of sp³-hybridized carbons (Fsp3) is 0.611. The second-order valence-electron chi connectivity index (χ2n) is 6.42. The molecule has 2 N–H and O–H groups in total. The number of nitrogens with one attached hydrogen (secondary N) is 2. The normalized spacial score (nSPS) is 24.4. The molecule has 1 saturated carbocycles. The zero-order valence-corrected chi connectivity index (χ0v) is 15.0. The van der Waals surface area contributed by atoms with Gasteiger partial charge in [-0.3, -0.25) is 0 Å². The first-order valence-corrected chi connectivity index (χ1v) is 9.88. The standard InChI is InChI=1S/C18H28N4S/c1-3-19-18(21-17-12-14(17)2)20-13-15-4-6-16(7-5-15)22-8-10-23-11-9-22/h4-7,14,17H,3,8-13H2,1-2H3,(H2,19,20,21). The number of hydrogen-bond acceptors (Lipinski definition) is 3. The first-order chi connectivity index (χ1) is 11.3. The first-order valence-electron chi connectivity index (χ1n) is 8.72. The minimum Gasteiger partial charge on any atom is -0.370 e. The maximum atomic E-state index is 4.72. The summed E-state index contributed by atoms with van der Waals surface area (Å²) in [6, 6.07) is 9.51. The molecular weight excluding hydrogens is 304 g/mol. The minimum atomic E-state index is 0.604. The maximum absolute atomic E-state index is 4.72. The lowest BCUT2D eigenvalue weighted by atomic mass is 10.2. The number of rotatable bonds is 5. The molecule has 2 atom stereocenters. The van der Waals surface area contributed by atoms with Gasteiger partial charge in [0.1, 0.15) is 0 Å². The molecule has 1 saturated heterocycles. The van der Waals surface area contributed by atoms with Crippen LogP contribution in [0.4, 0.5) is 5.69 Å². The van der Waals surface area contributed by atoms with Crippen LogP contribution in [0.15, 0.2) is 29.3 Å². The third kappa shape index (κ3) is 4.80. The summed E-state index contributed by atoms with van der Waals surface area (Å²) in [6.45, 7) is 8.34. The van der Waals surface area contributed by atoms with E-state index in [4.69, 9.17) is 4.99 Å². The van der Waals surface area contributed by atoms with E-state index in [0.717, 1.165) is 38.1 Å². The minimum absolute atomic E-state index is 0.604. The van der Waals surface area contributed by atoms with Gasteiger partial charge in [0, 0.05) is 42.9 Å². The smallest absolute Gasteiger partial charge is 0.191 e. The Hall–Kier alpha value is -1.36. The Morgan fingerprint density at radius 1 is 1.26 bits per heavy atom. The van der Waals surface area contributed by atoms with E-state index in [0.29, 0.717) is 6.04 Å². The van der Waals surface area contributed by atoms with Gasteiger partial charge in [-0.1, -0.05) is 19.1 Å². The van der Waals surface area contributed by atoms with Crippen molar-refractivity contribution in [2.75, 3.05) is 36.0 Å². The number of anilines is 1. The molecule has 126 valence electrons. The van der Waals surface area contributed by atoms with Gasteiger partial charge in [0.25, 0.3) is 0 Å². The van der Waals surface area contributed by atoms with Gasteiger partial charge in [0.05, 0.1) is 6.54 Å². The molecule has 3 rings (SSSR count). The fourth-order valence-electron chi connectivity index (χ4n) is 2.82. The predicted octanol–water partition coefficient (Wildman–Crippen LogP) is 2.70. The molecule has 2 unspecified atom stereocenters. The summed E-state index contributed by atoms with van der Waals surface area (Å²) in [7, 11) is 0. The molecule has 2 aliphatic rings. The monoisotopic (exact) mass is 332 g/mol. The van der Waals surface area contributed by atoms with Crippen LogP contribution in [0.1, 0.15) is 25.8 Å². The zero-order chi connectivity index (χ0) is 16.1. The summed E-state index contributed by atoms with van der Waals surface area (Å²) in [4.78, 5) is 7.19. The third-order valence-corrected chi connectivity index (χ3v) is 5.45. The van der Waals surface area contributed by atoms with Crippen LogP contribution in [0, 0.1) is 5.92 Å². The zero-order valence-electron chi connectivity index (χ0n) is 14.2. The number of thioether (sulfide) groups is 1. The average molecular weight is 333 g/mol. The van der Waals surface area contributed by atoms with E-state index < -0.39 is 0 Å². The molecule has 5 heteroatoms. The molecule has 0 radical (unpaired) electrons. The molecular formula is C18H28N4S. The number of hydrogen-bond donors (Lipinski definition) is 2. The second kappa shape index (κ2) is 7.95. The van der Waals surface area contributed by atoms with Crippen LogP contribution in [0.25, 0.3) is 0 Å². The van der Waals surface area contributed by atoms with Crippen LogP contribution in [0.5, 0.6) is 0 Å². The topological polar surface area (TPSA) is 39.7 Å². The number of aliphatic imine (C=N–C) groups is 1. The maximum Gasteiger partial charge on any atom is 0.191 e. The van der Waals surface area contributed by atoms with Crippen molar-refractivity contribution < 1.29 is 0 Å². The molecule has 0 aromatic heterocycles. The highest BCUT2D eigenvalue weighted by Crippen LogP contribution is 2.28. The highest BCUT2D eigenvalue weighted by Gasteiger charge is 2.33. The fourth-order valence-corrected chi connectivity index (χ4v) is 3.73. The van der Waals surface area contributed by atoms with Crippen LogP contribution >= 0.6 is 11.8 Å². The number of nitrogens with zero attached hydrogens (tertiary/aromatic N) is 2. The van der Waals surface area contributed by atoms with Crippen LogP contribution in [-0.2, 0) is 6.54 Å². The van der Waals surface area contributed by atoms with Gasteiger partial charge in [-0.2, -0.15) is 11.8 Å². The van der Waals surface area contributed by atoms with E-state index >= 15 is 0 Å². The first kappa shape index (κ1) is 16.5. The lowest BCUT2D eigenvalue weighted by Gasteiger charge is -2.28. The van der Waals surface area contributed by atoms with Crippen molar-refractivity contribution in [1.82, 2.24) is 10.6 Å². The van der Waals surface area contributed by atoms with Gasteiger partial charge in [-0.05, 0) is 37.0 Å². The van der Waals surface area contributed by atoms with Gasteiger partial charge in [0.2, 0.25) is 0 Å². The van der Waals surface area contributed by atoms with Crippen molar-refractivity contribution in [1.29, 1.82) is 0 Å². The van der Waals surface area contributed by atoms with Crippen molar-refractivity contribution >= 4 is 23.4 Å². The van der Waals surface area contributed by atoms with Crippen molar-refractivity contribution in [2.24, 2.45) is 10.9 Å². The molecule has 1 aliphatic carbocycles. The van der Waals surface area contributed by atoms with Gasteiger partial charge < -0.3 is 15.5 Å². The molecule has 1 heterocycles. The third-order valence-electron chi connectivity index (χ3n) is 4.51. The van der Waals surface area contributed by atoms with E-state index in [-0.39, 0.29) is 0 Å². The summed E-state index contributed by atoms with van der Waals surface area (Å²) >= 11 is 2.05. The molecule has 23 heavy (non-hydrogen) atoms. The van der Waals surface area contributed by atoms with Crippen molar-refractivity contribution in [3.8, 4) is 0 Å². The quantitative estimate of drug-likeness (QED) is 0.642. The summed E-state index contributed by atoms with van der Waals surface area (Å²) in [5, 5.41) is 6.84. The second-order valence-corrected chi connectivity index (χ2v) is 7.65. The Morgan fingerprint density at radius 3 is 2.57 bits per heavy atom. The molecule has 4 nitrogen and oxygen atoms in total. The Kier molecular flexibility index (Phi) is 5.70. The SMILES string of the molecule is CCNC(=NCc1ccc(N2CCSCC2)cc1)NC1CC1C. The van der Waals surface area contributed by atoms with Crippen LogP contribution in [-0.4, -0.2) is 43.1 Å². The van der Waals surface area contributed by atoms with Gasteiger partial charge in [-0.25, -0.2) is 4.99 Å². The molecule has 1 aromatic carbocycles. The van der Waals surface area contributed by atoms with Crippen molar-refractivity contribution in [2.45, 2.75) is 32.9 Å². The average Bonchev–Trinajstić information content (AvgIpc) is 3.29. The molecule has 2 fully saturated rings. The van der Waals surface area contributed by atoms with Gasteiger partial charge >= 0.3 is 0 Å². The number of benzene rings is 1. The Morgan fingerprint density at radius 2 is 1.96 bits per heavy atom. The highest BCUT2D eigenvalue weighted by molar-refractivity contribution is 7.99. The van der Waals surface area contributed by atoms with Crippen LogP contribution < -0.4 is 15.5 Å². The Labute approximate surface area is 144 Å². The predicted molar refractivity (Wildman–Crippen MR) is 102 cm³/mol. The lowest BCUT2D eigenvalue weighted by Crippen LogP contribution is -2.39. The van der Waals surface area contributed by atoms with Crippen LogP contribution in [0.3, 0.4) is 0 Å². The summed E-state index contributed by atoms with van der Waals surface area (Å²) in [5.74, 6) is 4.20. The van der Waals surface area contributed by atoms with Gasteiger partial charge in [-0.15, -0.1) is 0 Å². The summed E-state index contributed by atoms with van der Waals surface area (Å²) in [6.07, 6.45) is 1.26. The summed E-state index contributed by atoms with van der Waals surface area (Å²) < 4.78 is 0. The van der Waals surface area contributed by atoms with E-state index in [1.807, 2.05) is 11.8 Å². The number of guanidine groups is 1. The molecule has 1 aromatic rings. The largest absolute Gasteiger partial charge is 0.370 e. The molecule has 0 spiro atoms. The Bertz CT molecular complexity index is 522. The van der Waals surface area contributed by atoms with E-state index in [2.05, 4.69) is 53.6 Å². The Balaban J connectivity index is 1.56.